The van der Waals surface area contributed by atoms with Crippen LogP contribution < -0.4 is 10.3 Å². The summed E-state index contributed by atoms with van der Waals surface area (Å²) in [6.07, 6.45) is 0. The SMILES string of the molecule is CC[S+](N)N. The van der Waals surface area contributed by atoms with Crippen molar-refractivity contribution < 1.29 is 0 Å². The summed E-state index contributed by atoms with van der Waals surface area (Å²) < 4.78 is 0. The van der Waals surface area contributed by atoms with Gasteiger partial charge in [-0.05, 0) is 6.92 Å². The number of hydrogen-bond donors (Lipinski definition) is 2. The first-order chi connectivity index (χ1) is 2.27. The summed E-state index contributed by atoms with van der Waals surface area (Å²) in [5.74, 6) is 0.889. The second-order valence-corrected chi connectivity index (χ2v) is 2.27. The predicted octanol–water partition coefficient (Wildman–Crippen LogP) is -0.628. The van der Waals surface area contributed by atoms with E-state index in [1.807, 2.05) is 6.92 Å². The maximum atomic E-state index is 5.10. The van der Waals surface area contributed by atoms with Crippen LogP contribution in [0.2, 0.25) is 0 Å². The van der Waals surface area contributed by atoms with Crippen LogP contribution in [0.25, 0.3) is 0 Å². The molecule has 3 heteroatoms. The second-order valence-electron chi connectivity index (χ2n) is 0.758. The fourth-order valence-electron chi connectivity index (χ4n) is 0. The fourth-order valence-corrected chi connectivity index (χ4v) is 0. The lowest BCUT2D eigenvalue weighted by Gasteiger charge is -1.78. The third-order valence-corrected chi connectivity index (χ3v) is 1.00. The minimum atomic E-state index is -0.323. The summed E-state index contributed by atoms with van der Waals surface area (Å²) in [6.45, 7) is 1.96. The van der Waals surface area contributed by atoms with Crippen molar-refractivity contribution in [2.24, 2.45) is 10.3 Å². The van der Waals surface area contributed by atoms with Gasteiger partial charge in [-0.25, -0.2) is 0 Å². The van der Waals surface area contributed by atoms with Crippen LogP contribution in [-0.2, 0) is 11.3 Å². The Bertz CT molecular complexity index is 21.6. The van der Waals surface area contributed by atoms with E-state index in [-0.39, 0.29) is 11.3 Å². The van der Waals surface area contributed by atoms with Crippen LogP contribution in [0, 0.1) is 0 Å². The van der Waals surface area contributed by atoms with Crippen molar-refractivity contribution >= 4 is 11.3 Å². The van der Waals surface area contributed by atoms with E-state index >= 15 is 0 Å². The van der Waals surface area contributed by atoms with Crippen LogP contribution in [0.15, 0.2) is 0 Å². The highest BCUT2D eigenvalue weighted by atomic mass is 32.2. The lowest BCUT2D eigenvalue weighted by Crippen LogP contribution is -2.25. The molecule has 0 rings (SSSR count). The van der Waals surface area contributed by atoms with Gasteiger partial charge in [-0.3, -0.25) is 0 Å². The Hall–Kier alpha value is 0.270. The van der Waals surface area contributed by atoms with Gasteiger partial charge in [-0.2, -0.15) is 0 Å². The Labute approximate surface area is 35.1 Å². The minimum Gasteiger partial charge on any atom is -0.133 e. The van der Waals surface area contributed by atoms with Crippen LogP contribution in [0.5, 0.6) is 0 Å². The zero-order valence-corrected chi connectivity index (χ0v) is 4.09. The molecule has 0 aromatic heterocycles. The lowest BCUT2D eigenvalue weighted by atomic mass is 11.0. The molecule has 32 valence electrons. The summed E-state index contributed by atoms with van der Waals surface area (Å²) in [4.78, 5) is 0. The van der Waals surface area contributed by atoms with Crippen molar-refractivity contribution in [2.45, 2.75) is 6.92 Å². The number of rotatable bonds is 1. The van der Waals surface area contributed by atoms with Gasteiger partial charge in [0.15, 0.2) is 11.3 Å². The molecule has 4 N–H and O–H groups in total. The Balaban J connectivity index is 2.54. The minimum absolute atomic E-state index is 0.323. The first kappa shape index (κ1) is 5.27. The Morgan fingerprint density at radius 3 is 1.80 bits per heavy atom. The molecule has 0 aliphatic rings. The highest BCUT2D eigenvalue weighted by molar-refractivity contribution is 7.92. The molecule has 0 amide bonds. The van der Waals surface area contributed by atoms with Crippen LogP contribution in [0.3, 0.4) is 0 Å². The molecule has 0 aliphatic carbocycles. The molecular formula is C2H9N2S+. The van der Waals surface area contributed by atoms with Crippen molar-refractivity contribution in [3.05, 3.63) is 0 Å². The molecule has 2 nitrogen and oxygen atoms in total. The lowest BCUT2D eigenvalue weighted by molar-refractivity contribution is 1.48. The van der Waals surface area contributed by atoms with E-state index < -0.39 is 0 Å². The summed E-state index contributed by atoms with van der Waals surface area (Å²) in [5, 5.41) is 10.2. The third-order valence-electron chi connectivity index (χ3n) is 0.333. The second kappa shape index (κ2) is 2.50. The molecule has 0 fully saturated rings. The maximum Gasteiger partial charge on any atom is 0.157 e. The van der Waals surface area contributed by atoms with E-state index in [1.165, 1.54) is 0 Å². The summed E-state index contributed by atoms with van der Waals surface area (Å²) in [7, 11) is 0. The van der Waals surface area contributed by atoms with Gasteiger partial charge >= 0.3 is 0 Å². The maximum absolute atomic E-state index is 5.10. The van der Waals surface area contributed by atoms with E-state index in [0.717, 1.165) is 5.75 Å². The summed E-state index contributed by atoms with van der Waals surface area (Å²) in [5.41, 5.74) is 0. The Kier molecular flexibility index (Phi) is 2.64. The molecule has 0 bridgehead atoms. The Morgan fingerprint density at radius 2 is 1.80 bits per heavy atom. The molecule has 0 saturated carbocycles. The van der Waals surface area contributed by atoms with Gasteiger partial charge in [0, 0.05) is 0 Å². The van der Waals surface area contributed by atoms with E-state index in [1.54, 1.807) is 0 Å². The van der Waals surface area contributed by atoms with E-state index in [2.05, 4.69) is 0 Å². The molecule has 0 spiro atoms. The highest BCUT2D eigenvalue weighted by Gasteiger charge is 1.92. The van der Waals surface area contributed by atoms with Gasteiger partial charge in [0.1, 0.15) is 5.75 Å². The average Bonchev–Trinajstić information content (AvgIpc) is 1.38. The standard InChI is InChI=1S/C2H8N2S/c1-2-5(3)4/h2H2,1H3,(H3,3,4)/p+1. The molecule has 0 aromatic carbocycles. The smallest absolute Gasteiger partial charge is 0.133 e. The zero-order chi connectivity index (χ0) is 4.28. The molecule has 0 unspecified atom stereocenters. The normalized spacial score (nSPS) is 9.60. The van der Waals surface area contributed by atoms with Crippen molar-refractivity contribution in [2.75, 3.05) is 5.75 Å². The number of hydrogen-bond acceptors (Lipinski definition) is 2. The average molecular weight is 93.2 g/mol. The van der Waals surface area contributed by atoms with E-state index in [0.29, 0.717) is 0 Å². The first-order valence-electron chi connectivity index (χ1n) is 1.47. The molecule has 0 saturated heterocycles. The van der Waals surface area contributed by atoms with Gasteiger partial charge in [0.05, 0.1) is 0 Å². The van der Waals surface area contributed by atoms with Gasteiger partial charge in [0.25, 0.3) is 0 Å². The van der Waals surface area contributed by atoms with Crippen molar-refractivity contribution in [1.82, 2.24) is 0 Å². The van der Waals surface area contributed by atoms with E-state index in [9.17, 15) is 0 Å². The van der Waals surface area contributed by atoms with Gasteiger partial charge in [0.2, 0.25) is 0 Å². The van der Waals surface area contributed by atoms with Crippen LogP contribution in [0.1, 0.15) is 6.92 Å². The van der Waals surface area contributed by atoms with Gasteiger partial charge in [-0.1, -0.05) is 0 Å². The Morgan fingerprint density at radius 1 is 1.60 bits per heavy atom. The molecule has 5 heavy (non-hydrogen) atoms. The third kappa shape index (κ3) is 4.27. The van der Waals surface area contributed by atoms with Crippen molar-refractivity contribution in [3.8, 4) is 0 Å². The van der Waals surface area contributed by atoms with Crippen molar-refractivity contribution in [1.29, 1.82) is 0 Å². The van der Waals surface area contributed by atoms with Crippen LogP contribution in [0.4, 0.5) is 0 Å². The topological polar surface area (TPSA) is 52.0 Å². The van der Waals surface area contributed by atoms with E-state index in [4.69, 9.17) is 10.3 Å². The molecule has 0 heterocycles. The summed E-state index contributed by atoms with van der Waals surface area (Å²) >= 11 is -0.323. The zero-order valence-electron chi connectivity index (χ0n) is 3.27. The monoisotopic (exact) mass is 93.0 g/mol. The highest BCUT2D eigenvalue weighted by Crippen LogP contribution is 1.62. The molecule has 0 radical (unpaired) electrons. The largest absolute Gasteiger partial charge is 0.157 e. The molecule has 0 aromatic rings. The van der Waals surface area contributed by atoms with Crippen LogP contribution in [-0.4, -0.2) is 5.75 Å². The molecule has 0 atom stereocenters. The molecule has 0 aliphatic heterocycles. The van der Waals surface area contributed by atoms with Gasteiger partial charge in [-0.15, -0.1) is 10.3 Å². The quantitative estimate of drug-likeness (QED) is 0.424. The van der Waals surface area contributed by atoms with Gasteiger partial charge < -0.3 is 0 Å². The predicted molar refractivity (Wildman–Crippen MR) is 26.3 cm³/mol. The number of nitrogens with two attached hydrogens (primary N) is 2. The van der Waals surface area contributed by atoms with Crippen LogP contribution >= 0.6 is 0 Å². The summed E-state index contributed by atoms with van der Waals surface area (Å²) in [6, 6.07) is 0. The van der Waals surface area contributed by atoms with Crippen molar-refractivity contribution in [3.63, 3.8) is 0 Å². The first-order valence-corrected chi connectivity index (χ1v) is 2.99. The fraction of sp³-hybridized carbons (Fsp3) is 1.00. The molecular weight excluding hydrogens is 84.1 g/mol.